The van der Waals surface area contributed by atoms with Gasteiger partial charge in [-0.1, -0.05) is 20.3 Å². The van der Waals surface area contributed by atoms with Gasteiger partial charge in [0.05, 0.1) is 6.61 Å². The first-order valence-electron chi connectivity index (χ1n) is 7.10. The summed E-state index contributed by atoms with van der Waals surface area (Å²) < 4.78 is 32.3. The topological polar surface area (TPSA) is 88.3 Å². The summed E-state index contributed by atoms with van der Waals surface area (Å²) in [6, 6.07) is 0. The number of nitrogens with one attached hydrogen (secondary N) is 2. The molecule has 0 aliphatic heterocycles. The molecule has 0 fully saturated rings. The van der Waals surface area contributed by atoms with E-state index in [9.17, 15) is 13.2 Å². The normalized spacial score (nSPS) is 13.2. The second kappa shape index (κ2) is 7.09. The Labute approximate surface area is 126 Å². The molecular formula is C14H24N2O4S. The minimum Gasteiger partial charge on any atom is -0.461 e. The molecule has 0 spiro atoms. The van der Waals surface area contributed by atoms with Crippen LogP contribution in [0.25, 0.3) is 0 Å². The van der Waals surface area contributed by atoms with Crippen LogP contribution in [0.4, 0.5) is 0 Å². The standard InChI is InChI=1S/C14H24N2O4S/c1-6-9(3)8-15-21(18,19)13-10(4)12(16-11(13)5)14(17)20-7-2/h9,15-16H,6-8H2,1-5H3. The van der Waals surface area contributed by atoms with E-state index in [1.54, 1.807) is 20.8 Å². The van der Waals surface area contributed by atoms with E-state index < -0.39 is 16.0 Å². The second-order valence-electron chi connectivity index (χ2n) is 5.16. The van der Waals surface area contributed by atoms with Gasteiger partial charge in [-0.3, -0.25) is 0 Å². The molecule has 0 saturated heterocycles. The van der Waals surface area contributed by atoms with E-state index in [2.05, 4.69) is 9.71 Å². The number of esters is 1. The van der Waals surface area contributed by atoms with Crippen LogP contribution in [0.3, 0.4) is 0 Å². The van der Waals surface area contributed by atoms with Gasteiger partial charge in [0.15, 0.2) is 0 Å². The Morgan fingerprint density at radius 3 is 2.48 bits per heavy atom. The second-order valence-corrected chi connectivity index (χ2v) is 6.87. The molecule has 21 heavy (non-hydrogen) atoms. The molecule has 0 amide bonds. The van der Waals surface area contributed by atoms with Crippen LogP contribution in [0.15, 0.2) is 4.90 Å². The number of carbonyl (C=O) groups excluding carboxylic acids is 1. The average molecular weight is 316 g/mol. The highest BCUT2D eigenvalue weighted by molar-refractivity contribution is 7.89. The number of sulfonamides is 1. The molecule has 6 nitrogen and oxygen atoms in total. The Morgan fingerprint density at radius 1 is 1.33 bits per heavy atom. The molecule has 7 heteroatoms. The van der Waals surface area contributed by atoms with Crippen LogP contribution in [-0.4, -0.2) is 32.5 Å². The molecule has 0 bridgehead atoms. The van der Waals surface area contributed by atoms with Crippen molar-refractivity contribution in [2.45, 2.75) is 45.9 Å². The summed E-state index contributed by atoms with van der Waals surface area (Å²) in [5, 5.41) is 0. The Hall–Kier alpha value is -1.34. The van der Waals surface area contributed by atoms with Gasteiger partial charge in [-0.15, -0.1) is 0 Å². The van der Waals surface area contributed by atoms with Crippen molar-refractivity contribution in [1.29, 1.82) is 0 Å². The largest absolute Gasteiger partial charge is 0.461 e. The number of carbonyl (C=O) groups is 1. The molecular weight excluding hydrogens is 292 g/mol. The predicted molar refractivity (Wildman–Crippen MR) is 80.9 cm³/mol. The Balaban J connectivity index is 3.10. The van der Waals surface area contributed by atoms with E-state index in [0.717, 1.165) is 6.42 Å². The molecule has 0 radical (unpaired) electrons. The van der Waals surface area contributed by atoms with Gasteiger partial charge in [-0.2, -0.15) is 0 Å². The lowest BCUT2D eigenvalue weighted by Gasteiger charge is -2.11. The molecule has 1 aromatic heterocycles. The van der Waals surface area contributed by atoms with Gasteiger partial charge < -0.3 is 9.72 Å². The fourth-order valence-corrected chi connectivity index (χ4v) is 3.62. The number of rotatable bonds is 7. The summed E-state index contributed by atoms with van der Waals surface area (Å²) in [6.45, 7) is 9.53. The van der Waals surface area contributed by atoms with Crippen LogP contribution < -0.4 is 4.72 Å². The van der Waals surface area contributed by atoms with Gasteiger partial charge in [0.1, 0.15) is 10.6 Å². The van der Waals surface area contributed by atoms with Crippen molar-refractivity contribution in [3.8, 4) is 0 Å². The number of aryl methyl sites for hydroxylation is 1. The molecule has 0 aromatic carbocycles. The quantitative estimate of drug-likeness (QED) is 0.754. The molecule has 0 saturated carbocycles. The van der Waals surface area contributed by atoms with Crippen LogP contribution in [0, 0.1) is 19.8 Å². The molecule has 120 valence electrons. The first kappa shape index (κ1) is 17.7. The molecule has 1 unspecified atom stereocenters. The molecule has 1 heterocycles. The highest BCUT2D eigenvalue weighted by Crippen LogP contribution is 2.23. The number of aromatic amines is 1. The first-order valence-corrected chi connectivity index (χ1v) is 8.58. The Kier molecular flexibility index (Phi) is 5.98. The van der Waals surface area contributed by atoms with Crippen molar-refractivity contribution >= 4 is 16.0 Å². The minimum atomic E-state index is -3.64. The maximum Gasteiger partial charge on any atom is 0.355 e. The average Bonchev–Trinajstić information content (AvgIpc) is 2.72. The maximum atomic E-state index is 12.4. The Bertz CT molecular complexity index is 605. The van der Waals surface area contributed by atoms with E-state index in [4.69, 9.17) is 4.74 Å². The van der Waals surface area contributed by atoms with Crippen LogP contribution in [0.2, 0.25) is 0 Å². The van der Waals surface area contributed by atoms with Crippen molar-refractivity contribution < 1.29 is 17.9 Å². The van der Waals surface area contributed by atoms with Gasteiger partial charge in [-0.05, 0) is 26.7 Å². The lowest BCUT2D eigenvalue weighted by molar-refractivity contribution is 0.0519. The number of hydrogen-bond donors (Lipinski definition) is 2. The number of hydrogen-bond acceptors (Lipinski definition) is 4. The molecule has 2 N–H and O–H groups in total. The van der Waals surface area contributed by atoms with Gasteiger partial charge in [0.25, 0.3) is 0 Å². The highest BCUT2D eigenvalue weighted by atomic mass is 32.2. The third-order valence-electron chi connectivity index (χ3n) is 3.44. The summed E-state index contributed by atoms with van der Waals surface area (Å²) in [6.07, 6.45) is 0.891. The third-order valence-corrected chi connectivity index (χ3v) is 5.13. The Morgan fingerprint density at radius 2 is 1.95 bits per heavy atom. The van der Waals surface area contributed by atoms with E-state index in [-0.39, 0.29) is 23.1 Å². The van der Waals surface area contributed by atoms with Crippen molar-refractivity contribution in [3.05, 3.63) is 17.0 Å². The summed E-state index contributed by atoms with van der Waals surface area (Å²) >= 11 is 0. The van der Waals surface area contributed by atoms with Gasteiger partial charge in [0.2, 0.25) is 10.0 Å². The van der Waals surface area contributed by atoms with Crippen LogP contribution in [0.5, 0.6) is 0 Å². The van der Waals surface area contributed by atoms with E-state index in [0.29, 0.717) is 17.8 Å². The van der Waals surface area contributed by atoms with Crippen molar-refractivity contribution in [1.82, 2.24) is 9.71 Å². The summed E-state index contributed by atoms with van der Waals surface area (Å²) in [5.41, 5.74) is 1.02. The molecule has 0 aliphatic carbocycles. The molecule has 1 aromatic rings. The predicted octanol–water partition coefficient (Wildman–Crippen LogP) is 2.13. The van der Waals surface area contributed by atoms with E-state index in [1.165, 1.54) is 0 Å². The zero-order valence-corrected chi connectivity index (χ0v) is 14.1. The minimum absolute atomic E-state index is 0.133. The third kappa shape index (κ3) is 4.07. The van der Waals surface area contributed by atoms with Gasteiger partial charge in [0, 0.05) is 17.8 Å². The number of aromatic nitrogens is 1. The van der Waals surface area contributed by atoms with E-state index >= 15 is 0 Å². The van der Waals surface area contributed by atoms with Crippen LogP contribution in [-0.2, 0) is 14.8 Å². The summed E-state index contributed by atoms with van der Waals surface area (Å²) in [4.78, 5) is 14.7. The SMILES string of the molecule is CCOC(=O)c1[nH]c(C)c(S(=O)(=O)NCC(C)CC)c1C. The van der Waals surface area contributed by atoms with Crippen LogP contribution >= 0.6 is 0 Å². The first-order chi connectivity index (χ1) is 9.74. The monoisotopic (exact) mass is 316 g/mol. The van der Waals surface area contributed by atoms with Gasteiger partial charge >= 0.3 is 5.97 Å². The lowest BCUT2D eigenvalue weighted by atomic mass is 10.1. The summed E-state index contributed by atoms with van der Waals surface area (Å²) in [5.74, 6) is -0.287. The van der Waals surface area contributed by atoms with E-state index in [1.807, 2.05) is 13.8 Å². The maximum absolute atomic E-state index is 12.4. The highest BCUT2D eigenvalue weighted by Gasteiger charge is 2.27. The zero-order valence-electron chi connectivity index (χ0n) is 13.2. The number of H-pyrrole nitrogens is 1. The zero-order chi connectivity index (χ0) is 16.2. The van der Waals surface area contributed by atoms with Crippen LogP contribution in [0.1, 0.15) is 48.9 Å². The number of ether oxygens (including phenoxy) is 1. The molecule has 1 atom stereocenters. The van der Waals surface area contributed by atoms with Crippen molar-refractivity contribution in [3.63, 3.8) is 0 Å². The fraction of sp³-hybridized carbons (Fsp3) is 0.643. The van der Waals surface area contributed by atoms with Crippen molar-refractivity contribution in [2.24, 2.45) is 5.92 Å². The molecule has 0 aliphatic rings. The van der Waals surface area contributed by atoms with Gasteiger partial charge in [-0.25, -0.2) is 17.9 Å². The van der Waals surface area contributed by atoms with Crippen molar-refractivity contribution in [2.75, 3.05) is 13.2 Å². The fourth-order valence-electron chi connectivity index (χ4n) is 2.01. The lowest BCUT2D eigenvalue weighted by Crippen LogP contribution is -2.29. The smallest absolute Gasteiger partial charge is 0.355 e. The molecule has 1 rings (SSSR count). The summed E-state index contributed by atoms with van der Waals surface area (Å²) in [7, 11) is -3.64.